The highest BCUT2D eigenvalue weighted by molar-refractivity contribution is 6.74. The highest BCUT2D eigenvalue weighted by atomic mass is 28.4. The van der Waals surface area contributed by atoms with Crippen molar-refractivity contribution in [3.63, 3.8) is 0 Å². The third-order valence-electron chi connectivity index (χ3n) is 4.58. The highest BCUT2D eigenvalue weighted by Gasteiger charge is 2.48. The van der Waals surface area contributed by atoms with E-state index >= 15 is 0 Å². The lowest BCUT2D eigenvalue weighted by Crippen LogP contribution is -2.61. The Morgan fingerprint density at radius 3 is 2.52 bits per heavy atom. The van der Waals surface area contributed by atoms with Crippen LogP contribution in [0.15, 0.2) is 24.3 Å². The Morgan fingerprint density at radius 1 is 1.33 bits per heavy atom. The molecule has 2 atom stereocenters. The maximum absolute atomic E-state index is 11.9. The minimum Gasteiger partial charge on any atom is -0.403 e. The fourth-order valence-corrected chi connectivity index (χ4v) is 3.36. The summed E-state index contributed by atoms with van der Waals surface area (Å²) < 4.78 is 6.26. The van der Waals surface area contributed by atoms with E-state index in [2.05, 4.69) is 39.2 Å². The van der Waals surface area contributed by atoms with Crippen LogP contribution in [0.25, 0.3) is 0 Å². The first-order valence-electron chi connectivity index (χ1n) is 7.33. The van der Waals surface area contributed by atoms with Gasteiger partial charge in [-0.25, -0.2) is 0 Å². The van der Waals surface area contributed by atoms with Crippen LogP contribution in [0, 0.1) is 0 Å². The molecule has 116 valence electrons. The third kappa shape index (κ3) is 3.20. The van der Waals surface area contributed by atoms with E-state index in [1.165, 1.54) is 0 Å². The second-order valence-corrected chi connectivity index (χ2v) is 11.9. The molecule has 1 saturated heterocycles. The zero-order chi connectivity index (χ0) is 15.8. The van der Waals surface area contributed by atoms with Gasteiger partial charge in [-0.2, -0.15) is 0 Å². The molecule has 0 saturated carbocycles. The van der Waals surface area contributed by atoms with Crippen LogP contribution in [0.3, 0.4) is 0 Å². The summed E-state index contributed by atoms with van der Waals surface area (Å²) in [7, 11) is -1.99. The number of rotatable bonds is 4. The highest BCUT2D eigenvalue weighted by Crippen LogP contribution is 2.40. The number of benzene rings is 1. The Labute approximate surface area is 127 Å². The van der Waals surface area contributed by atoms with E-state index < -0.39 is 14.4 Å². The molecule has 1 aromatic rings. The molecule has 0 aliphatic carbocycles. The monoisotopic (exact) mass is 307 g/mol. The Hall–Kier alpha value is -1.17. The molecule has 0 unspecified atom stereocenters. The van der Waals surface area contributed by atoms with Crippen LogP contribution in [0.5, 0.6) is 0 Å². The van der Waals surface area contributed by atoms with Gasteiger partial charge in [0.2, 0.25) is 0 Å². The largest absolute Gasteiger partial charge is 0.403 e. The number of nitrogens with one attached hydrogen (secondary N) is 1. The second-order valence-electron chi connectivity index (χ2n) is 7.19. The fraction of sp³-hybridized carbons (Fsp3) is 0.562. The van der Waals surface area contributed by atoms with Gasteiger partial charge in [0.25, 0.3) is 5.91 Å². The number of carbonyl (C=O) groups excluding carboxylic acids is 1. The lowest BCUT2D eigenvalue weighted by molar-refractivity contribution is -0.141. The summed E-state index contributed by atoms with van der Waals surface area (Å²) in [5.74, 6) is -0.0424. The summed E-state index contributed by atoms with van der Waals surface area (Å²) in [5.41, 5.74) is 1.84. The Bertz CT molecular complexity index is 537. The number of hydrogen-bond acceptors (Lipinski definition) is 3. The summed E-state index contributed by atoms with van der Waals surface area (Å²) in [6, 6.07) is 7.54. The Morgan fingerprint density at radius 2 is 2.00 bits per heavy atom. The SMILES string of the molecule is CC(C)(C)[Si](C)(C)O[C@H]1C(=O)N[C@H]1c1cccc(CO)c1. The van der Waals surface area contributed by atoms with Gasteiger partial charge in [0.15, 0.2) is 8.32 Å². The molecule has 4 nitrogen and oxygen atoms in total. The topological polar surface area (TPSA) is 58.6 Å². The van der Waals surface area contributed by atoms with E-state index in [9.17, 15) is 9.90 Å². The molecule has 0 spiro atoms. The fourth-order valence-electron chi connectivity index (χ4n) is 2.13. The van der Waals surface area contributed by atoms with Crippen molar-refractivity contribution >= 4 is 14.2 Å². The first-order chi connectivity index (χ1) is 9.65. The molecule has 0 radical (unpaired) electrons. The molecular weight excluding hydrogens is 282 g/mol. The van der Waals surface area contributed by atoms with Crippen LogP contribution in [0.2, 0.25) is 18.1 Å². The lowest BCUT2D eigenvalue weighted by atomic mass is 9.93. The molecule has 2 rings (SSSR count). The molecule has 21 heavy (non-hydrogen) atoms. The summed E-state index contributed by atoms with van der Waals surface area (Å²) in [6.07, 6.45) is -0.417. The maximum atomic E-state index is 11.9. The summed E-state index contributed by atoms with van der Waals surface area (Å²) in [6.45, 7) is 10.8. The lowest BCUT2D eigenvalue weighted by Gasteiger charge is -2.45. The predicted octanol–water partition coefficient (Wildman–Crippen LogP) is 2.74. The first kappa shape index (κ1) is 16.2. The van der Waals surface area contributed by atoms with Crippen LogP contribution in [0.1, 0.15) is 37.9 Å². The van der Waals surface area contributed by atoms with Gasteiger partial charge < -0.3 is 14.8 Å². The van der Waals surface area contributed by atoms with Gasteiger partial charge in [-0.1, -0.05) is 45.0 Å². The smallest absolute Gasteiger partial charge is 0.251 e. The summed E-state index contributed by atoms with van der Waals surface area (Å²) >= 11 is 0. The van der Waals surface area contributed by atoms with Gasteiger partial charge in [0.05, 0.1) is 12.6 Å². The van der Waals surface area contributed by atoms with E-state index in [1.807, 2.05) is 24.3 Å². The van der Waals surface area contributed by atoms with E-state index in [4.69, 9.17) is 4.43 Å². The number of β-lactam (4-membered cyclic amide) rings is 1. The standard InChI is InChI=1S/C16H25NO3Si/c1-16(2,3)21(4,5)20-14-13(17-15(14)19)12-8-6-7-11(9-12)10-18/h6-9,13-14,18H,10H2,1-5H3,(H,17,19)/t13-,14+/m0/s1. The molecule has 2 N–H and O–H groups in total. The van der Waals surface area contributed by atoms with E-state index in [1.54, 1.807) is 0 Å². The van der Waals surface area contributed by atoms with Crippen molar-refractivity contribution in [3.05, 3.63) is 35.4 Å². The summed E-state index contributed by atoms with van der Waals surface area (Å²) in [4.78, 5) is 11.9. The average Bonchev–Trinajstić information content (AvgIpc) is 2.41. The van der Waals surface area contributed by atoms with Crippen LogP contribution in [0.4, 0.5) is 0 Å². The quantitative estimate of drug-likeness (QED) is 0.664. The second kappa shape index (κ2) is 5.55. The van der Waals surface area contributed by atoms with Crippen molar-refractivity contribution in [2.24, 2.45) is 0 Å². The summed E-state index contributed by atoms with van der Waals surface area (Å²) in [5, 5.41) is 12.2. The molecule has 1 heterocycles. The van der Waals surface area contributed by atoms with E-state index in [-0.39, 0.29) is 23.6 Å². The molecule has 1 fully saturated rings. The third-order valence-corrected chi connectivity index (χ3v) is 9.03. The van der Waals surface area contributed by atoms with Gasteiger partial charge in [0.1, 0.15) is 6.10 Å². The number of carbonyl (C=O) groups is 1. The van der Waals surface area contributed by atoms with Crippen LogP contribution in [-0.4, -0.2) is 25.4 Å². The predicted molar refractivity (Wildman–Crippen MR) is 85.3 cm³/mol. The molecule has 0 bridgehead atoms. The van der Waals surface area contributed by atoms with Crippen molar-refractivity contribution in [1.29, 1.82) is 0 Å². The molecule has 1 amide bonds. The number of aliphatic hydroxyl groups excluding tert-OH is 1. The minimum atomic E-state index is -1.99. The maximum Gasteiger partial charge on any atom is 0.251 e. The number of hydrogen-bond donors (Lipinski definition) is 2. The van der Waals surface area contributed by atoms with Crippen LogP contribution >= 0.6 is 0 Å². The number of aliphatic hydroxyl groups is 1. The van der Waals surface area contributed by atoms with Gasteiger partial charge in [-0.15, -0.1) is 0 Å². The molecule has 1 aromatic carbocycles. The molecule has 5 heteroatoms. The van der Waals surface area contributed by atoms with Crippen molar-refractivity contribution in [2.75, 3.05) is 0 Å². The van der Waals surface area contributed by atoms with Gasteiger partial charge in [-0.3, -0.25) is 4.79 Å². The zero-order valence-corrected chi connectivity index (χ0v) is 14.4. The van der Waals surface area contributed by atoms with E-state index in [0.717, 1.165) is 11.1 Å². The van der Waals surface area contributed by atoms with Gasteiger partial charge in [-0.05, 0) is 29.3 Å². The van der Waals surface area contributed by atoms with Crippen LogP contribution in [-0.2, 0) is 15.8 Å². The molecular formula is C16H25NO3Si. The average molecular weight is 307 g/mol. The van der Waals surface area contributed by atoms with Crippen LogP contribution < -0.4 is 5.32 Å². The van der Waals surface area contributed by atoms with Gasteiger partial charge >= 0.3 is 0 Å². The number of amides is 1. The first-order valence-corrected chi connectivity index (χ1v) is 10.2. The zero-order valence-electron chi connectivity index (χ0n) is 13.4. The normalized spacial score (nSPS) is 22.7. The molecule has 1 aliphatic heterocycles. The molecule has 1 aliphatic rings. The minimum absolute atomic E-state index is 0.00225. The van der Waals surface area contributed by atoms with Gasteiger partial charge in [0, 0.05) is 0 Å². The Balaban J connectivity index is 2.18. The van der Waals surface area contributed by atoms with Crippen molar-refractivity contribution in [3.8, 4) is 0 Å². The van der Waals surface area contributed by atoms with Crippen molar-refractivity contribution in [1.82, 2.24) is 5.32 Å². The van der Waals surface area contributed by atoms with Crippen molar-refractivity contribution < 1.29 is 14.3 Å². The van der Waals surface area contributed by atoms with E-state index in [0.29, 0.717) is 0 Å². The molecule has 0 aromatic heterocycles. The Kier molecular flexibility index (Phi) is 4.28. The van der Waals surface area contributed by atoms with Crippen molar-refractivity contribution in [2.45, 2.75) is 57.7 Å².